The zero-order chi connectivity index (χ0) is 22.3. The zero-order valence-electron chi connectivity index (χ0n) is 18.0. The molecule has 0 radical (unpaired) electrons. The highest BCUT2D eigenvalue weighted by Gasteiger charge is 2.22. The molecule has 4 rings (SSSR count). The second-order valence-electron chi connectivity index (χ2n) is 7.35. The van der Waals surface area contributed by atoms with Gasteiger partial charge < -0.3 is 14.2 Å². The lowest BCUT2D eigenvalue weighted by atomic mass is 10.1. The molecule has 0 aliphatic carbocycles. The minimum absolute atomic E-state index is 0.285. The van der Waals surface area contributed by atoms with E-state index >= 15 is 0 Å². The molecule has 0 spiro atoms. The summed E-state index contributed by atoms with van der Waals surface area (Å²) >= 11 is 5.99. The molecule has 1 aliphatic rings. The number of hydrogen-bond donors (Lipinski definition) is 0. The predicted molar refractivity (Wildman–Crippen MR) is 123 cm³/mol. The minimum Gasteiger partial charge on any atom is -0.476 e. The standard InChI is InChI=1S/C24H26ClN3O4/c1-2-31-24(29)22-17-26-28(23(22)32-16-13-27-11-14-30-15-12-27)21-9-5-19(6-10-21)18-3-7-20(25)8-4-18/h3-10,17H,2,11-16H2,1H3. The number of esters is 1. The highest BCUT2D eigenvalue weighted by molar-refractivity contribution is 6.30. The highest BCUT2D eigenvalue weighted by atomic mass is 35.5. The van der Waals surface area contributed by atoms with Gasteiger partial charge in [-0.3, -0.25) is 4.90 Å². The summed E-state index contributed by atoms with van der Waals surface area (Å²) in [6.07, 6.45) is 1.50. The van der Waals surface area contributed by atoms with Gasteiger partial charge in [-0.1, -0.05) is 35.9 Å². The van der Waals surface area contributed by atoms with Crippen LogP contribution in [0.1, 0.15) is 17.3 Å². The number of ether oxygens (including phenoxy) is 3. The fourth-order valence-corrected chi connectivity index (χ4v) is 3.67. The van der Waals surface area contributed by atoms with E-state index in [9.17, 15) is 4.79 Å². The van der Waals surface area contributed by atoms with Crippen LogP contribution in [0.15, 0.2) is 54.7 Å². The molecule has 0 saturated carbocycles. The van der Waals surface area contributed by atoms with E-state index < -0.39 is 5.97 Å². The van der Waals surface area contributed by atoms with Crippen molar-refractivity contribution in [3.05, 3.63) is 65.3 Å². The van der Waals surface area contributed by atoms with Crippen molar-refractivity contribution in [1.82, 2.24) is 14.7 Å². The molecule has 1 aliphatic heterocycles. The van der Waals surface area contributed by atoms with Crippen LogP contribution in [0.25, 0.3) is 16.8 Å². The average molecular weight is 456 g/mol. The molecule has 0 bridgehead atoms. The Bertz CT molecular complexity index is 1030. The van der Waals surface area contributed by atoms with Gasteiger partial charge in [0.1, 0.15) is 12.2 Å². The summed E-state index contributed by atoms with van der Waals surface area (Å²) in [4.78, 5) is 14.7. The van der Waals surface area contributed by atoms with Crippen LogP contribution in [0, 0.1) is 0 Å². The summed E-state index contributed by atoms with van der Waals surface area (Å²) in [5.41, 5.74) is 3.23. The number of aromatic nitrogens is 2. The number of nitrogens with zero attached hydrogens (tertiary/aromatic N) is 3. The molecule has 0 amide bonds. The van der Waals surface area contributed by atoms with Crippen molar-refractivity contribution in [2.75, 3.05) is 46.1 Å². The SMILES string of the molecule is CCOC(=O)c1cnn(-c2ccc(-c3ccc(Cl)cc3)cc2)c1OCCN1CCOCC1. The van der Waals surface area contributed by atoms with Crippen molar-refractivity contribution in [2.45, 2.75) is 6.92 Å². The predicted octanol–water partition coefficient (Wildman–Crippen LogP) is 4.08. The maximum Gasteiger partial charge on any atom is 0.345 e. The highest BCUT2D eigenvalue weighted by Crippen LogP contribution is 2.27. The second kappa shape index (κ2) is 10.6. The van der Waals surface area contributed by atoms with Crippen LogP contribution in [0.3, 0.4) is 0 Å². The lowest BCUT2D eigenvalue weighted by Gasteiger charge is -2.26. The van der Waals surface area contributed by atoms with Gasteiger partial charge >= 0.3 is 5.97 Å². The normalized spacial score (nSPS) is 14.3. The number of morpholine rings is 1. The van der Waals surface area contributed by atoms with Crippen molar-refractivity contribution in [2.24, 2.45) is 0 Å². The first kappa shape index (κ1) is 22.3. The first-order valence-electron chi connectivity index (χ1n) is 10.7. The van der Waals surface area contributed by atoms with Gasteiger partial charge in [0.25, 0.3) is 0 Å². The van der Waals surface area contributed by atoms with Gasteiger partial charge in [-0.15, -0.1) is 0 Å². The molecule has 2 heterocycles. The molecule has 1 aromatic heterocycles. The molecule has 0 unspecified atom stereocenters. The molecule has 3 aromatic rings. The quantitative estimate of drug-likeness (QED) is 0.477. The Morgan fingerprint density at radius 3 is 2.38 bits per heavy atom. The second-order valence-corrected chi connectivity index (χ2v) is 7.79. The Morgan fingerprint density at radius 2 is 1.72 bits per heavy atom. The summed E-state index contributed by atoms with van der Waals surface area (Å²) in [7, 11) is 0. The summed E-state index contributed by atoms with van der Waals surface area (Å²) in [5, 5.41) is 5.11. The molecule has 8 heteroatoms. The van der Waals surface area contributed by atoms with Gasteiger partial charge in [0.05, 0.1) is 31.7 Å². The summed E-state index contributed by atoms with van der Waals surface area (Å²) in [5.74, 6) is -0.0612. The van der Waals surface area contributed by atoms with Crippen LogP contribution in [0.5, 0.6) is 5.88 Å². The number of rotatable bonds is 8. The summed E-state index contributed by atoms with van der Waals surface area (Å²) in [6, 6.07) is 15.6. The van der Waals surface area contributed by atoms with Crippen LogP contribution in [-0.4, -0.2) is 66.7 Å². The maximum atomic E-state index is 12.4. The van der Waals surface area contributed by atoms with E-state index in [1.165, 1.54) is 6.20 Å². The molecule has 1 fully saturated rings. The van der Waals surface area contributed by atoms with E-state index in [0.717, 1.165) is 49.7 Å². The molecule has 2 aromatic carbocycles. The molecule has 32 heavy (non-hydrogen) atoms. The van der Waals surface area contributed by atoms with E-state index in [-0.39, 0.29) is 6.61 Å². The van der Waals surface area contributed by atoms with Crippen LogP contribution in [-0.2, 0) is 9.47 Å². The van der Waals surface area contributed by atoms with Crippen molar-refractivity contribution >= 4 is 17.6 Å². The average Bonchev–Trinajstić information content (AvgIpc) is 3.24. The Kier molecular flexibility index (Phi) is 7.42. The van der Waals surface area contributed by atoms with Crippen LogP contribution >= 0.6 is 11.6 Å². The molecular formula is C24H26ClN3O4. The topological polar surface area (TPSA) is 65.8 Å². The third kappa shape index (κ3) is 5.30. The fraction of sp³-hybridized carbons (Fsp3) is 0.333. The number of benzene rings is 2. The number of carbonyl (C=O) groups excluding carboxylic acids is 1. The zero-order valence-corrected chi connectivity index (χ0v) is 18.8. The number of carbonyl (C=O) groups is 1. The van der Waals surface area contributed by atoms with Gasteiger partial charge in [0.2, 0.25) is 5.88 Å². The van der Waals surface area contributed by atoms with Gasteiger partial charge in [0, 0.05) is 24.7 Å². The van der Waals surface area contributed by atoms with Crippen molar-refractivity contribution in [3.63, 3.8) is 0 Å². The van der Waals surface area contributed by atoms with Crippen LogP contribution in [0.2, 0.25) is 5.02 Å². The van der Waals surface area contributed by atoms with Crippen LogP contribution in [0.4, 0.5) is 0 Å². The Morgan fingerprint density at radius 1 is 1.06 bits per heavy atom. The molecule has 168 valence electrons. The minimum atomic E-state index is -0.446. The first-order chi connectivity index (χ1) is 15.7. The Hall–Kier alpha value is -2.87. The summed E-state index contributed by atoms with van der Waals surface area (Å²) < 4.78 is 18.3. The Labute approximate surface area is 192 Å². The smallest absolute Gasteiger partial charge is 0.345 e. The van der Waals surface area contributed by atoms with Gasteiger partial charge in [-0.05, 0) is 42.3 Å². The van der Waals surface area contributed by atoms with E-state index in [4.69, 9.17) is 25.8 Å². The van der Waals surface area contributed by atoms with E-state index in [1.54, 1.807) is 11.6 Å². The van der Waals surface area contributed by atoms with E-state index in [1.807, 2.05) is 48.5 Å². The third-order valence-electron chi connectivity index (χ3n) is 5.26. The lowest BCUT2D eigenvalue weighted by Crippen LogP contribution is -2.38. The van der Waals surface area contributed by atoms with Gasteiger partial charge in [-0.2, -0.15) is 5.10 Å². The summed E-state index contributed by atoms with van der Waals surface area (Å²) in [6.45, 7) is 6.44. The number of halogens is 1. The van der Waals surface area contributed by atoms with E-state index in [0.29, 0.717) is 23.1 Å². The van der Waals surface area contributed by atoms with Crippen molar-refractivity contribution in [3.8, 4) is 22.7 Å². The Balaban J connectivity index is 1.55. The van der Waals surface area contributed by atoms with Gasteiger partial charge in [-0.25, -0.2) is 9.48 Å². The van der Waals surface area contributed by atoms with Crippen molar-refractivity contribution < 1.29 is 19.0 Å². The van der Waals surface area contributed by atoms with Crippen LogP contribution < -0.4 is 4.74 Å². The molecule has 1 saturated heterocycles. The largest absolute Gasteiger partial charge is 0.476 e. The molecule has 0 N–H and O–H groups in total. The lowest BCUT2D eigenvalue weighted by molar-refractivity contribution is 0.0316. The van der Waals surface area contributed by atoms with E-state index in [2.05, 4.69) is 10.00 Å². The molecular weight excluding hydrogens is 430 g/mol. The van der Waals surface area contributed by atoms with Crippen molar-refractivity contribution in [1.29, 1.82) is 0 Å². The molecule has 7 nitrogen and oxygen atoms in total. The monoisotopic (exact) mass is 455 g/mol. The first-order valence-corrected chi connectivity index (χ1v) is 11.1. The third-order valence-corrected chi connectivity index (χ3v) is 5.51. The fourth-order valence-electron chi connectivity index (χ4n) is 3.54. The maximum absolute atomic E-state index is 12.4. The van der Waals surface area contributed by atoms with Gasteiger partial charge in [0.15, 0.2) is 0 Å². The number of hydrogen-bond acceptors (Lipinski definition) is 6. The molecule has 0 atom stereocenters.